The van der Waals surface area contributed by atoms with Gasteiger partial charge in [-0.2, -0.15) is 0 Å². The molecule has 0 radical (unpaired) electrons. The number of benzene rings is 3. The van der Waals surface area contributed by atoms with Gasteiger partial charge in [0.2, 0.25) is 0 Å². The summed E-state index contributed by atoms with van der Waals surface area (Å²) in [5.41, 5.74) is 4.10. The molecule has 0 aliphatic rings. The topological polar surface area (TPSA) is 37.3 Å². The number of carbonyl (C=O) groups is 1. The van der Waals surface area contributed by atoms with Gasteiger partial charge in [0.1, 0.15) is 6.10 Å². The van der Waals surface area contributed by atoms with E-state index in [0.717, 1.165) is 16.7 Å². The minimum absolute atomic E-state index is 0.284. The molecule has 0 amide bonds. The molecule has 114 valence electrons. The van der Waals surface area contributed by atoms with Crippen molar-refractivity contribution in [3.63, 3.8) is 0 Å². The van der Waals surface area contributed by atoms with E-state index in [1.165, 1.54) is 0 Å². The average molecular weight is 302 g/mol. The molecule has 3 rings (SSSR count). The molecule has 0 saturated carbocycles. The van der Waals surface area contributed by atoms with Gasteiger partial charge in [-0.25, -0.2) is 0 Å². The summed E-state index contributed by atoms with van der Waals surface area (Å²) in [5, 5.41) is 10.4. The van der Waals surface area contributed by atoms with E-state index < -0.39 is 6.10 Å². The molecule has 3 aromatic carbocycles. The highest BCUT2D eigenvalue weighted by Gasteiger charge is 2.21. The van der Waals surface area contributed by atoms with Crippen LogP contribution in [-0.2, 0) is 0 Å². The predicted molar refractivity (Wildman–Crippen MR) is 92.3 cm³/mol. The van der Waals surface area contributed by atoms with Crippen LogP contribution in [0.5, 0.6) is 0 Å². The number of rotatable bonds is 4. The number of aliphatic hydroxyl groups excluding tert-OH is 1. The van der Waals surface area contributed by atoms with Crippen LogP contribution in [0.4, 0.5) is 0 Å². The Kier molecular flexibility index (Phi) is 4.35. The first-order chi connectivity index (χ1) is 11.2. The lowest BCUT2D eigenvalue weighted by Gasteiger charge is -2.14. The summed E-state index contributed by atoms with van der Waals surface area (Å²) in [6, 6.07) is 24.5. The minimum atomic E-state index is -1.15. The van der Waals surface area contributed by atoms with Crippen molar-refractivity contribution in [3.8, 4) is 11.1 Å². The van der Waals surface area contributed by atoms with Crippen molar-refractivity contribution < 1.29 is 9.90 Å². The molecular formula is C21H18O2. The van der Waals surface area contributed by atoms with E-state index in [0.29, 0.717) is 11.1 Å². The standard InChI is InChI=1S/C21H18O2/c1-15-8-7-11-17(14-15)18-12-5-6-13-19(18)21(23)20(22)16-9-3-2-4-10-16/h2-14,20,22H,1H3. The maximum Gasteiger partial charge on any atom is 0.196 e. The summed E-state index contributed by atoms with van der Waals surface area (Å²) < 4.78 is 0. The van der Waals surface area contributed by atoms with Crippen molar-refractivity contribution in [2.45, 2.75) is 13.0 Å². The number of aryl methyl sites for hydroxylation is 1. The van der Waals surface area contributed by atoms with E-state index in [1.807, 2.05) is 67.6 Å². The Labute approximate surface area is 136 Å². The fourth-order valence-electron chi connectivity index (χ4n) is 2.70. The van der Waals surface area contributed by atoms with Crippen LogP contribution in [0, 0.1) is 6.92 Å². The summed E-state index contributed by atoms with van der Waals surface area (Å²) in [5.74, 6) is -0.284. The van der Waals surface area contributed by atoms with E-state index in [4.69, 9.17) is 0 Å². The van der Waals surface area contributed by atoms with E-state index >= 15 is 0 Å². The lowest BCUT2D eigenvalue weighted by Crippen LogP contribution is -2.13. The molecule has 2 nitrogen and oxygen atoms in total. The third-order valence-electron chi connectivity index (χ3n) is 3.89. The van der Waals surface area contributed by atoms with Gasteiger partial charge < -0.3 is 5.11 Å². The molecular weight excluding hydrogens is 284 g/mol. The molecule has 0 fully saturated rings. The third kappa shape index (κ3) is 3.22. The Morgan fingerprint density at radius 2 is 1.57 bits per heavy atom. The first-order valence-corrected chi connectivity index (χ1v) is 7.60. The second kappa shape index (κ2) is 6.59. The van der Waals surface area contributed by atoms with Crippen molar-refractivity contribution in [1.29, 1.82) is 0 Å². The second-order valence-electron chi connectivity index (χ2n) is 5.59. The molecule has 2 heteroatoms. The molecule has 23 heavy (non-hydrogen) atoms. The van der Waals surface area contributed by atoms with Gasteiger partial charge in [-0.15, -0.1) is 0 Å². The first kappa shape index (κ1) is 15.2. The molecule has 1 atom stereocenters. The van der Waals surface area contributed by atoms with Crippen LogP contribution in [0.15, 0.2) is 78.9 Å². The third-order valence-corrected chi connectivity index (χ3v) is 3.89. The Balaban J connectivity index is 2.02. The fraction of sp³-hybridized carbons (Fsp3) is 0.0952. The molecule has 0 aliphatic carbocycles. The fourth-order valence-corrected chi connectivity index (χ4v) is 2.70. The number of carbonyl (C=O) groups excluding carboxylic acids is 1. The van der Waals surface area contributed by atoms with Crippen LogP contribution >= 0.6 is 0 Å². The summed E-state index contributed by atoms with van der Waals surface area (Å²) in [6.07, 6.45) is -1.15. The monoisotopic (exact) mass is 302 g/mol. The van der Waals surface area contributed by atoms with Crippen LogP contribution in [-0.4, -0.2) is 10.9 Å². The maximum absolute atomic E-state index is 12.8. The van der Waals surface area contributed by atoms with E-state index in [1.54, 1.807) is 18.2 Å². The van der Waals surface area contributed by atoms with Crippen LogP contribution in [0.25, 0.3) is 11.1 Å². The number of Topliss-reactive ketones (excluding diaryl/α,β-unsaturated/α-hetero) is 1. The van der Waals surface area contributed by atoms with Gasteiger partial charge in [-0.05, 0) is 23.6 Å². The Morgan fingerprint density at radius 3 is 2.30 bits per heavy atom. The predicted octanol–water partition coefficient (Wildman–Crippen LogP) is 4.58. The van der Waals surface area contributed by atoms with Crippen LogP contribution in [0.2, 0.25) is 0 Å². The van der Waals surface area contributed by atoms with Gasteiger partial charge in [0, 0.05) is 5.56 Å². The Morgan fingerprint density at radius 1 is 0.870 bits per heavy atom. The van der Waals surface area contributed by atoms with Gasteiger partial charge >= 0.3 is 0 Å². The van der Waals surface area contributed by atoms with E-state index in [2.05, 4.69) is 0 Å². The van der Waals surface area contributed by atoms with Gasteiger partial charge in [0.25, 0.3) is 0 Å². The quantitative estimate of drug-likeness (QED) is 0.716. The summed E-state index contributed by atoms with van der Waals surface area (Å²) in [6.45, 7) is 2.02. The lowest BCUT2D eigenvalue weighted by atomic mass is 9.92. The van der Waals surface area contributed by atoms with Crippen LogP contribution in [0.3, 0.4) is 0 Å². The Bertz CT molecular complexity index is 822. The van der Waals surface area contributed by atoms with Gasteiger partial charge in [0.05, 0.1) is 0 Å². The minimum Gasteiger partial charge on any atom is -0.380 e. The molecule has 0 aliphatic heterocycles. The molecule has 0 aromatic heterocycles. The summed E-state index contributed by atoms with van der Waals surface area (Å²) in [7, 11) is 0. The zero-order chi connectivity index (χ0) is 16.2. The smallest absolute Gasteiger partial charge is 0.196 e. The molecule has 0 bridgehead atoms. The van der Waals surface area contributed by atoms with Gasteiger partial charge in [-0.3, -0.25) is 4.79 Å². The van der Waals surface area contributed by atoms with Crippen molar-refractivity contribution in [3.05, 3.63) is 95.6 Å². The van der Waals surface area contributed by atoms with Gasteiger partial charge in [0.15, 0.2) is 5.78 Å². The highest BCUT2D eigenvalue weighted by Crippen LogP contribution is 2.28. The second-order valence-corrected chi connectivity index (χ2v) is 5.59. The van der Waals surface area contributed by atoms with Crippen molar-refractivity contribution in [2.75, 3.05) is 0 Å². The molecule has 1 unspecified atom stereocenters. The Hall–Kier alpha value is -2.71. The van der Waals surface area contributed by atoms with Crippen LogP contribution < -0.4 is 0 Å². The van der Waals surface area contributed by atoms with Crippen molar-refractivity contribution in [1.82, 2.24) is 0 Å². The normalized spacial score (nSPS) is 11.9. The van der Waals surface area contributed by atoms with Crippen molar-refractivity contribution in [2.24, 2.45) is 0 Å². The van der Waals surface area contributed by atoms with E-state index in [9.17, 15) is 9.90 Å². The average Bonchev–Trinajstić information content (AvgIpc) is 2.61. The maximum atomic E-state index is 12.8. The largest absolute Gasteiger partial charge is 0.380 e. The first-order valence-electron chi connectivity index (χ1n) is 7.60. The van der Waals surface area contributed by atoms with Crippen LogP contribution in [0.1, 0.15) is 27.6 Å². The molecule has 0 saturated heterocycles. The SMILES string of the molecule is Cc1cccc(-c2ccccc2C(=O)C(O)c2ccccc2)c1. The summed E-state index contributed by atoms with van der Waals surface area (Å²) in [4.78, 5) is 12.8. The number of aliphatic hydroxyl groups is 1. The number of hydrogen-bond acceptors (Lipinski definition) is 2. The van der Waals surface area contributed by atoms with E-state index in [-0.39, 0.29) is 5.78 Å². The molecule has 0 spiro atoms. The highest BCUT2D eigenvalue weighted by atomic mass is 16.3. The zero-order valence-electron chi connectivity index (χ0n) is 12.9. The zero-order valence-corrected chi connectivity index (χ0v) is 12.9. The molecule has 1 N–H and O–H groups in total. The molecule has 3 aromatic rings. The number of hydrogen-bond donors (Lipinski definition) is 1. The summed E-state index contributed by atoms with van der Waals surface area (Å²) >= 11 is 0. The molecule has 0 heterocycles. The number of ketones is 1. The lowest BCUT2D eigenvalue weighted by molar-refractivity contribution is 0.0748. The highest BCUT2D eigenvalue weighted by molar-refractivity contribution is 6.05. The van der Waals surface area contributed by atoms with Gasteiger partial charge in [-0.1, -0.05) is 84.4 Å². The van der Waals surface area contributed by atoms with Crippen molar-refractivity contribution >= 4 is 5.78 Å².